The molecule has 182 valence electrons. The van der Waals surface area contributed by atoms with Crippen molar-refractivity contribution in [2.45, 2.75) is 97.5 Å². The van der Waals surface area contributed by atoms with Gasteiger partial charge in [-0.2, -0.15) is 12.6 Å². The first kappa shape index (κ1) is 29.9. The lowest BCUT2D eigenvalue weighted by molar-refractivity contribution is -0.156. The van der Waals surface area contributed by atoms with Gasteiger partial charge in [-0.15, -0.1) is 0 Å². The van der Waals surface area contributed by atoms with Crippen LogP contribution in [0.3, 0.4) is 0 Å². The number of amides is 3. The number of aliphatic hydroxyl groups excluding tert-OH is 2. The Labute approximate surface area is 193 Å². The molecule has 0 heterocycles. The first-order valence-corrected chi connectivity index (χ1v) is 12.3. The van der Waals surface area contributed by atoms with E-state index in [2.05, 4.69) is 24.9 Å². The molecule has 3 N–H and O–H groups in total. The fourth-order valence-corrected chi connectivity index (χ4v) is 3.26. The van der Waals surface area contributed by atoms with E-state index >= 15 is 0 Å². The Hall–Kier alpha value is -1.12. The second-order valence-electron chi connectivity index (χ2n) is 8.83. The van der Waals surface area contributed by atoms with Gasteiger partial charge in [-0.05, 0) is 6.42 Å². The SMILES string of the molecule is CCCCCCCCCCCC(=O)N(CCC(=O)NCCS)C(=O)[C@H](O)C(C)(C)CO. The molecule has 0 aromatic heterocycles. The van der Waals surface area contributed by atoms with Gasteiger partial charge in [0.05, 0.1) is 6.61 Å². The largest absolute Gasteiger partial charge is 0.396 e. The highest BCUT2D eigenvalue weighted by molar-refractivity contribution is 7.80. The zero-order valence-corrected chi connectivity index (χ0v) is 20.6. The van der Waals surface area contributed by atoms with Gasteiger partial charge in [0.1, 0.15) is 6.10 Å². The molecule has 0 rings (SSSR count). The normalized spacial score (nSPS) is 12.5. The summed E-state index contributed by atoms with van der Waals surface area (Å²) in [5, 5.41) is 22.5. The molecule has 7 nitrogen and oxygen atoms in total. The molecule has 0 radical (unpaired) electrons. The van der Waals surface area contributed by atoms with Gasteiger partial charge in [-0.25, -0.2) is 0 Å². The van der Waals surface area contributed by atoms with Gasteiger partial charge >= 0.3 is 0 Å². The predicted octanol–water partition coefficient (Wildman–Crippen LogP) is 3.08. The van der Waals surface area contributed by atoms with E-state index in [9.17, 15) is 24.6 Å². The minimum absolute atomic E-state index is 0.0324. The van der Waals surface area contributed by atoms with E-state index in [0.717, 1.165) is 24.2 Å². The Morgan fingerprint density at radius 1 is 0.968 bits per heavy atom. The minimum atomic E-state index is -1.52. The van der Waals surface area contributed by atoms with Gasteiger partial charge in [-0.1, -0.05) is 72.1 Å². The van der Waals surface area contributed by atoms with Crippen LogP contribution in [0.1, 0.15) is 91.4 Å². The lowest BCUT2D eigenvalue weighted by atomic mass is 9.86. The van der Waals surface area contributed by atoms with Crippen LogP contribution in [0.4, 0.5) is 0 Å². The van der Waals surface area contributed by atoms with Crippen molar-refractivity contribution in [2.24, 2.45) is 5.41 Å². The molecular formula is C23H44N2O5S. The number of carbonyl (C=O) groups excluding carboxylic acids is 3. The van der Waals surface area contributed by atoms with Gasteiger partial charge in [0, 0.05) is 37.1 Å². The van der Waals surface area contributed by atoms with Gasteiger partial charge in [-0.3, -0.25) is 19.3 Å². The first-order chi connectivity index (χ1) is 14.7. The molecule has 3 amide bonds. The van der Waals surface area contributed by atoms with Crippen LogP contribution in [0.15, 0.2) is 0 Å². The number of nitrogens with zero attached hydrogens (tertiary/aromatic N) is 1. The van der Waals surface area contributed by atoms with Gasteiger partial charge in [0.2, 0.25) is 11.8 Å². The molecule has 0 spiro atoms. The van der Waals surface area contributed by atoms with Crippen molar-refractivity contribution in [1.82, 2.24) is 10.2 Å². The molecule has 0 unspecified atom stereocenters. The number of thiol groups is 1. The van der Waals surface area contributed by atoms with Crippen molar-refractivity contribution in [3.63, 3.8) is 0 Å². The predicted molar refractivity (Wildman–Crippen MR) is 127 cm³/mol. The van der Waals surface area contributed by atoms with Crippen LogP contribution in [0.2, 0.25) is 0 Å². The average Bonchev–Trinajstić information content (AvgIpc) is 2.75. The summed E-state index contributed by atoms with van der Waals surface area (Å²) in [5.74, 6) is -0.932. The Kier molecular flexibility index (Phi) is 16.8. The maximum atomic E-state index is 12.8. The third-order valence-corrected chi connectivity index (χ3v) is 5.66. The van der Waals surface area contributed by atoms with Crippen LogP contribution in [0.25, 0.3) is 0 Å². The van der Waals surface area contributed by atoms with E-state index < -0.39 is 24.0 Å². The smallest absolute Gasteiger partial charge is 0.258 e. The highest BCUT2D eigenvalue weighted by atomic mass is 32.1. The average molecular weight is 461 g/mol. The molecule has 1 atom stereocenters. The van der Waals surface area contributed by atoms with E-state index in [0.29, 0.717) is 18.7 Å². The van der Waals surface area contributed by atoms with Crippen LogP contribution in [0, 0.1) is 5.41 Å². The molecule has 0 aromatic carbocycles. The van der Waals surface area contributed by atoms with Crippen LogP contribution < -0.4 is 5.32 Å². The molecular weight excluding hydrogens is 416 g/mol. The Morgan fingerprint density at radius 3 is 2.03 bits per heavy atom. The second kappa shape index (κ2) is 17.4. The highest BCUT2D eigenvalue weighted by Crippen LogP contribution is 2.22. The summed E-state index contributed by atoms with van der Waals surface area (Å²) >= 11 is 4.03. The summed E-state index contributed by atoms with van der Waals surface area (Å²) in [6.07, 6.45) is 8.69. The van der Waals surface area contributed by atoms with Crippen LogP contribution in [0.5, 0.6) is 0 Å². The van der Waals surface area contributed by atoms with Crippen molar-refractivity contribution >= 4 is 30.4 Å². The summed E-state index contributed by atoms with van der Waals surface area (Å²) in [5.41, 5.74) is -1.08. The first-order valence-electron chi connectivity index (χ1n) is 11.7. The van der Waals surface area contributed by atoms with Gasteiger partial charge in [0.25, 0.3) is 5.91 Å². The fourth-order valence-electron chi connectivity index (χ4n) is 3.15. The summed E-state index contributed by atoms with van der Waals surface area (Å²) in [4.78, 5) is 38.4. The van der Waals surface area contributed by atoms with Crippen molar-refractivity contribution in [3.8, 4) is 0 Å². The number of hydrogen-bond donors (Lipinski definition) is 4. The summed E-state index contributed by atoms with van der Waals surface area (Å²) < 4.78 is 0. The van der Waals surface area contributed by atoms with Crippen LogP contribution in [-0.4, -0.2) is 64.4 Å². The van der Waals surface area contributed by atoms with E-state index in [1.807, 2.05) is 0 Å². The molecule has 8 heteroatoms. The highest BCUT2D eigenvalue weighted by Gasteiger charge is 2.37. The fraction of sp³-hybridized carbons (Fsp3) is 0.870. The monoisotopic (exact) mass is 460 g/mol. The van der Waals surface area contributed by atoms with E-state index in [1.165, 1.54) is 32.1 Å². The third kappa shape index (κ3) is 13.1. The molecule has 0 aliphatic heterocycles. The molecule has 0 saturated heterocycles. The maximum absolute atomic E-state index is 12.8. The van der Waals surface area contributed by atoms with Crippen molar-refractivity contribution < 1.29 is 24.6 Å². The standard InChI is InChI=1S/C23H44N2O5S/c1-4-5-6-7-8-9-10-11-12-13-20(28)25(16-14-19(27)24-15-17-31)22(30)21(29)23(2,3)18-26/h21,26,29,31H,4-18H2,1-3H3,(H,24,27)/t21-/m0/s1. The quantitative estimate of drug-likeness (QED) is 0.186. The van der Waals surface area contributed by atoms with Crippen LogP contribution in [-0.2, 0) is 14.4 Å². The molecule has 31 heavy (non-hydrogen) atoms. The summed E-state index contributed by atoms with van der Waals surface area (Å²) in [7, 11) is 0. The number of rotatable bonds is 18. The van der Waals surface area contributed by atoms with E-state index in [4.69, 9.17) is 0 Å². The van der Waals surface area contributed by atoms with Crippen molar-refractivity contribution in [1.29, 1.82) is 0 Å². The summed E-state index contributed by atoms with van der Waals surface area (Å²) in [6, 6.07) is 0. The van der Waals surface area contributed by atoms with Gasteiger partial charge in [0.15, 0.2) is 0 Å². The lowest BCUT2D eigenvalue weighted by Gasteiger charge is -2.31. The number of aliphatic hydroxyl groups is 2. The molecule has 0 bridgehead atoms. The Morgan fingerprint density at radius 2 is 1.52 bits per heavy atom. The summed E-state index contributed by atoms with van der Waals surface area (Å²) in [6.45, 7) is 5.22. The molecule has 0 fully saturated rings. The van der Waals surface area contributed by atoms with Crippen LogP contribution >= 0.6 is 12.6 Å². The molecule has 0 aromatic rings. The molecule has 0 saturated carbocycles. The number of unbranched alkanes of at least 4 members (excludes halogenated alkanes) is 8. The maximum Gasteiger partial charge on any atom is 0.258 e. The number of imide groups is 1. The number of hydrogen-bond acceptors (Lipinski definition) is 6. The zero-order valence-electron chi connectivity index (χ0n) is 19.7. The minimum Gasteiger partial charge on any atom is -0.396 e. The third-order valence-electron chi connectivity index (χ3n) is 5.44. The Balaban J connectivity index is 4.68. The van der Waals surface area contributed by atoms with Gasteiger partial charge < -0.3 is 15.5 Å². The molecule has 0 aliphatic rings. The number of nitrogens with one attached hydrogen (secondary N) is 1. The zero-order chi connectivity index (χ0) is 23.7. The van der Waals surface area contributed by atoms with Crippen molar-refractivity contribution in [2.75, 3.05) is 25.4 Å². The van der Waals surface area contributed by atoms with E-state index in [-0.39, 0.29) is 31.2 Å². The second-order valence-corrected chi connectivity index (χ2v) is 9.28. The lowest BCUT2D eigenvalue weighted by Crippen LogP contribution is -2.50. The molecule has 0 aliphatic carbocycles. The Bertz CT molecular complexity index is 528. The van der Waals surface area contributed by atoms with E-state index in [1.54, 1.807) is 13.8 Å². The number of carbonyl (C=O) groups is 3. The topological polar surface area (TPSA) is 107 Å². The van der Waals surface area contributed by atoms with Crippen molar-refractivity contribution in [3.05, 3.63) is 0 Å².